The number of nitrogens with zero attached hydrogens (tertiary/aromatic N) is 1. The van der Waals surface area contributed by atoms with Gasteiger partial charge < -0.3 is 15.0 Å². The Balaban J connectivity index is 1.78. The molecule has 4 heteroatoms. The van der Waals surface area contributed by atoms with Crippen molar-refractivity contribution in [3.63, 3.8) is 0 Å². The van der Waals surface area contributed by atoms with Crippen LogP contribution in [0, 0.1) is 19.8 Å². The van der Waals surface area contributed by atoms with Gasteiger partial charge in [0.05, 0.1) is 0 Å². The van der Waals surface area contributed by atoms with Crippen molar-refractivity contribution in [2.75, 3.05) is 13.7 Å². The maximum absolute atomic E-state index is 12.8. The number of amides is 1. The van der Waals surface area contributed by atoms with Gasteiger partial charge in [0, 0.05) is 41.9 Å². The Hall–Kier alpha value is -1.81. The molecule has 2 N–H and O–H groups in total. The lowest BCUT2D eigenvalue weighted by Gasteiger charge is -2.34. The Morgan fingerprint density at radius 2 is 1.96 bits per heavy atom. The average Bonchev–Trinajstić information content (AvgIpc) is 2.87. The maximum atomic E-state index is 12.8. The second-order valence-electron chi connectivity index (χ2n) is 6.91. The number of carbonyl (C=O) groups is 1. The van der Waals surface area contributed by atoms with Crippen LogP contribution in [0.3, 0.4) is 0 Å². The van der Waals surface area contributed by atoms with Crippen molar-refractivity contribution in [2.24, 2.45) is 5.92 Å². The Kier molecular flexibility index (Phi) is 4.44. The molecular weight excluding hydrogens is 288 g/mol. The van der Waals surface area contributed by atoms with Crippen LogP contribution in [0.25, 0.3) is 10.9 Å². The lowest BCUT2D eigenvalue weighted by atomic mass is 9.86. The number of aliphatic hydroxyl groups excluding tert-OH is 1. The van der Waals surface area contributed by atoms with E-state index >= 15 is 0 Å². The number of rotatable bonds is 3. The molecule has 1 heterocycles. The Morgan fingerprint density at radius 3 is 2.61 bits per heavy atom. The highest BCUT2D eigenvalue weighted by Crippen LogP contribution is 2.28. The van der Waals surface area contributed by atoms with Gasteiger partial charge in [-0.15, -0.1) is 0 Å². The zero-order valence-electron chi connectivity index (χ0n) is 14.2. The van der Waals surface area contributed by atoms with Crippen LogP contribution in [0.4, 0.5) is 0 Å². The highest BCUT2D eigenvalue weighted by Gasteiger charge is 2.27. The van der Waals surface area contributed by atoms with E-state index in [0.29, 0.717) is 5.92 Å². The number of aliphatic hydroxyl groups is 1. The summed E-state index contributed by atoms with van der Waals surface area (Å²) in [6.07, 6.45) is 3.98. The van der Waals surface area contributed by atoms with E-state index in [-0.39, 0.29) is 18.6 Å². The van der Waals surface area contributed by atoms with Gasteiger partial charge in [-0.2, -0.15) is 0 Å². The number of fused-ring (bicyclic) bond motifs is 1. The predicted molar refractivity (Wildman–Crippen MR) is 92.7 cm³/mol. The molecule has 0 bridgehead atoms. The lowest BCUT2D eigenvalue weighted by Crippen LogP contribution is -2.39. The van der Waals surface area contributed by atoms with Crippen LogP contribution in [0.1, 0.15) is 47.3 Å². The van der Waals surface area contributed by atoms with Gasteiger partial charge in [-0.1, -0.05) is 0 Å². The van der Waals surface area contributed by atoms with Crippen LogP contribution in [-0.4, -0.2) is 40.6 Å². The summed E-state index contributed by atoms with van der Waals surface area (Å²) in [5.74, 6) is 0.509. The molecule has 2 aromatic rings. The van der Waals surface area contributed by atoms with Crippen LogP contribution in [0.5, 0.6) is 0 Å². The molecule has 0 aliphatic heterocycles. The SMILES string of the molecule is Cc1[nH]c2ccc(C(=O)N(C)C3CCC(CO)CC3)cc2c1C. The Bertz CT molecular complexity index is 711. The standard InChI is InChI=1S/C19H26N2O2/c1-12-13(2)20-18-9-6-15(10-17(12)18)19(23)21(3)16-7-4-14(11-22)5-8-16/h6,9-10,14,16,20,22H,4-5,7-8,11H2,1-3H3. The third-order valence-corrected chi connectivity index (χ3v) is 5.50. The molecule has 1 saturated carbocycles. The maximum Gasteiger partial charge on any atom is 0.253 e. The number of aromatic nitrogens is 1. The first-order chi connectivity index (χ1) is 11.0. The van der Waals surface area contributed by atoms with E-state index in [1.807, 2.05) is 30.1 Å². The zero-order valence-corrected chi connectivity index (χ0v) is 14.2. The van der Waals surface area contributed by atoms with E-state index in [2.05, 4.69) is 18.8 Å². The number of hydrogen-bond donors (Lipinski definition) is 2. The molecule has 1 aliphatic rings. The van der Waals surface area contributed by atoms with Crippen molar-refractivity contribution in [1.82, 2.24) is 9.88 Å². The van der Waals surface area contributed by atoms with Gasteiger partial charge in [0.2, 0.25) is 0 Å². The van der Waals surface area contributed by atoms with Crippen molar-refractivity contribution in [3.05, 3.63) is 35.0 Å². The second kappa shape index (κ2) is 6.36. The number of aryl methyl sites for hydroxylation is 2. The van der Waals surface area contributed by atoms with Crippen molar-refractivity contribution in [1.29, 1.82) is 0 Å². The number of nitrogens with one attached hydrogen (secondary N) is 1. The average molecular weight is 314 g/mol. The molecule has 4 nitrogen and oxygen atoms in total. The van der Waals surface area contributed by atoms with Crippen LogP contribution >= 0.6 is 0 Å². The summed E-state index contributed by atoms with van der Waals surface area (Å²) in [6.45, 7) is 4.41. The minimum Gasteiger partial charge on any atom is -0.396 e. The van der Waals surface area contributed by atoms with Gasteiger partial charge in [-0.3, -0.25) is 4.79 Å². The molecule has 1 amide bonds. The molecule has 124 valence electrons. The molecule has 23 heavy (non-hydrogen) atoms. The Morgan fingerprint density at radius 1 is 1.26 bits per heavy atom. The van der Waals surface area contributed by atoms with Gasteiger partial charge in [0.25, 0.3) is 5.91 Å². The second-order valence-corrected chi connectivity index (χ2v) is 6.91. The van der Waals surface area contributed by atoms with Crippen molar-refractivity contribution < 1.29 is 9.90 Å². The Labute approximate surface area is 137 Å². The van der Waals surface area contributed by atoms with Crippen LogP contribution in [0.15, 0.2) is 18.2 Å². The van der Waals surface area contributed by atoms with Gasteiger partial charge in [0.15, 0.2) is 0 Å². The first kappa shape index (κ1) is 16.1. The number of carbonyl (C=O) groups excluding carboxylic acids is 1. The summed E-state index contributed by atoms with van der Waals surface area (Å²) >= 11 is 0. The quantitative estimate of drug-likeness (QED) is 0.912. The smallest absolute Gasteiger partial charge is 0.253 e. The lowest BCUT2D eigenvalue weighted by molar-refractivity contribution is 0.0653. The minimum atomic E-state index is 0.0950. The van der Waals surface area contributed by atoms with E-state index in [1.165, 1.54) is 5.56 Å². The normalized spacial score (nSPS) is 21.6. The molecule has 1 aliphatic carbocycles. The topological polar surface area (TPSA) is 56.3 Å². The number of H-pyrrole nitrogens is 1. The number of benzene rings is 1. The zero-order chi connectivity index (χ0) is 16.6. The van der Waals surface area contributed by atoms with Crippen molar-refractivity contribution in [3.8, 4) is 0 Å². The summed E-state index contributed by atoms with van der Waals surface area (Å²) in [7, 11) is 1.91. The molecule has 0 spiro atoms. The predicted octanol–water partition coefficient (Wildman–Crippen LogP) is 3.41. The molecule has 0 atom stereocenters. The van der Waals surface area contributed by atoms with Crippen LogP contribution in [-0.2, 0) is 0 Å². The third kappa shape index (κ3) is 3.00. The summed E-state index contributed by atoms with van der Waals surface area (Å²) in [5.41, 5.74) is 4.20. The monoisotopic (exact) mass is 314 g/mol. The van der Waals surface area contributed by atoms with E-state index in [1.54, 1.807) is 0 Å². The highest BCUT2D eigenvalue weighted by atomic mass is 16.3. The summed E-state index contributed by atoms with van der Waals surface area (Å²) < 4.78 is 0. The highest BCUT2D eigenvalue weighted by molar-refractivity contribution is 5.99. The molecule has 1 aromatic heterocycles. The van der Waals surface area contributed by atoms with Gasteiger partial charge in [-0.25, -0.2) is 0 Å². The molecule has 1 aromatic carbocycles. The summed E-state index contributed by atoms with van der Waals surface area (Å²) in [4.78, 5) is 18.1. The molecule has 0 radical (unpaired) electrons. The largest absolute Gasteiger partial charge is 0.396 e. The molecular formula is C19H26N2O2. The first-order valence-electron chi connectivity index (χ1n) is 8.48. The van der Waals surface area contributed by atoms with Crippen LogP contribution in [0.2, 0.25) is 0 Å². The molecule has 0 saturated heterocycles. The molecule has 3 rings (SSSR count). The summed E-state index contributed by atoms with van der Waals surface area (Å²) in [6, 6.07) is 6.21. The van der Waals surface area contributed by atoms with Crippen molar-refractivity contribution >= 4 is 16.8 Å². The van der Waals surface area contributed by atoms with Gasteiger partial charge in [-0.05, 0) is 69.2 Å². The fraction of sp³-hybridized carbons (Fsp3) is 0.526. The van der Waals surface area contributed by atoms with Crippen LogP contribution < -0.4 is 0 Å². The minimum absolute atomic E-state index is 0.0950. The van der Waals surface area contributed by atoms with E-state index in [9.17, 15) is 9.90 Å². The van der Waals surface area contributed by atoms with E-state index in [0.717, 1.165) is 47.8 Å². The third-order valence-electron chi connectivity index (χ3n) is 5.50. The first-order valence-corrected chi connectivity index (χ1v) is 8.48. The summed E-state index contributed by atoms with van der Waals surface area (Å²) in [5, 5.41) is 10.4. The van der Waals surface area contributed by atoms with E-state index in [4.69, 9.17) is 0 Å². The number of aromatic amines is 1. The van der Waals surface area contributed by atoms with E-state index < -0.39 is 0 Å². The fourth-order valence-corrected chi connectivity index (χ4v) is 3.68. The van der Waals surface area contributed by atoms with Gasteiger partial charge >= 0.3 is 0 Å². The number of hydrogen-bond acceptors (Lipinski definition) is 2. The molecule has 1 fully saturated rings. The molecule has 0 unspecified atom stereocenters. The van der Waals surface area contributed by atoms with Gasteiger partial charge in [0.1, 0.15) is 0 Å². The van der Waals surface area contributed by atoms with Crippen molar-refractivity contribution in [2.45, 2.75) is 45.6 Å². The fourth-order valence-electron chi connectivity index (χ4n) is 3.68.